The third-order valence-electron chi connectivity index (χ3n) is 5.95. The average Bonchev–Trinajstić information content (AvgIpc) is 2.56. The van der Waals surface area contributed by atoms with Crippen LogP contribution < -0.4 is 4.74 Å². The van der Waals surface area contributed by atoms with Gasteiger partial charge in [0.25, 0.3) is 0 Å². The van der Waals surface area contributed by atoms with Crippen LogP contribution in [0.2, 0.25) is 0 Å². The summed E-state index contributed by atoms with van der Waals surface area (Å²) in [6.45, 7) is 4.11. The van der Waals surface area contributed by atoms with Gasteiger partial charge >= 0.3 is 0 Å². The second-order valence-corrected chi connectivity index (χ2v) is 7.68. The Kier molecular flexibility index (Phi) is 5.61. The molecule has 2 aliphatic rings. The van der Waals surface area contributed by atoms with Crippen LogP contribution >= 0.6 is 0 Å². The average molecular weight is 318 g/mol. The summed E-state index contributed by atoms with van der Waals surface area (Å²) >= 11 is 0. The number of hydrogen-bond donors (Lipinski definition) is 0. The molecule has 1 aliphatic heterocycles. The molecule has 2 heteroatoms. The quantitative estimate of drug-likeness (QED) is 0.586. The number of ether oxygens (including phenoxy) is 1. The molecule has 0 bridgehead atoms. The Labute approximate surface area is 140 Å². The summed E-state index contributed by atoms with van der Waals surface area (Å²) in [6.07, 6.45) is 13.3. The van der Waals surface area contributed by atoms with Crippen LogP contribution in [-0.2, 0) is 6.42 Å². The third kappa shape index (κ3) is 4.08. The van der Waals surface area contributed by atoms with Crippen molar-refractivity contribution in [2.75, 3.05) is 0 Å². The molecule has 1 saturated carbocycles. The lowest BCUT2D eigenvalue weighted by molar-refractivity contribution is 0.0752. The summed E-state index contributed by atoms with van der Waals surface area (Å²) < 4.78 is 20.0. The van der Waals surface area contributed by atoms with Gasteiger partial charge in [-0.25, -0.2) is 4.39 Å². The van der Waals surface area contributed by atoms with Crippen LogP contribution in [0.15, 0.2) is 12.1 Å². The molecular weight excluding hydrogens is 287 g/mol. The first-order valence-electron chi connectivity index (χ1n) is 9.63. The third-order valence-corrected chi connectivity index (χ3v) is 5.95. The van der Waals surface area contributed by atoms with Gasteiger partial charge in [0.2, 0.25) is 0 Å². The minimum atomic E-state index is -0.135. The molecule has 128 valence electrons. The first kappa shape index (κ1) is 16.8. The molecule has 0 radical (unpaired) electrons. The molecule has 0 spiro atoms. The van der Waals surface area contributed by atoms with Crippen molar-refractivity contribution in [1.29, 1.82) is 0 Å². The molecule has 0 amide bonds. The number of aryl methyl sites for hydroxylation is 2. The van der Waals surface area contributed by atoms with E-state index in [1.807, 2.05) is 13.0 Å². The molecule has 0 N–H and O–H groups in total. The summed E-state index contributed by atoms with van der Waals surface area (Å²) in [6, 6.07) is 3.57. The molecular formula is C21H31FO. The van der Waals surface area contributed by atoms with Crippen molar-refractivity contribution < 1.29 is 9.13 Å². The minimum Gasteiger partial charge on any atom is -0.490 e. The van der Waals surface area contributed by atoms with Crippen LogP contribution in [0.1, 0.15) is 75.8 Å². The smallest absolute Gasteiger partial charge is 0.129 e. The molecule has 1 heterocycles. The van der Waals surface area contributed by atoms with Crippen molar-refractivity contribution in [2.45, 2.75) is 84.2 Å². The number of rotatable bonds is 5. The van der Waals surface area contributed by atoms with E-state index >= 15 is 0 Å². The fraction of sp³-hybridized carbons (Fsp3) is 0.714. The summed E-state index contributed by atoms with van der Waals surface area (Å²) in [7, 11) is 0. The monoisotopic (exact) mass is 318 g/mol. The summed E-state index contributed by atoms with van der Waals surface area (Å²) in [5.74, 6) is 2.28. The fourth-order valence-electron chi connectivity index (χ4n) is 4.41. The first-order chi connectivity index (χ1) is 11.2. The molecule has 1 nitrogen and oxygen atoms in total. The van der Waals surface area contributed by atoms with E-state index in [1.54, 1.807) is 6.07 Å². The van der Waals surface area contributed by atoms with E-state index in [-0.39, 0.29) is 5.82 Å². The van der Waals surface area contributed by atoms with Gasteiger partial charge in [-0.15, -0.1) is 0 Å². The van der Waals surface area contributed by atoms with Crippen LogP contribution in [0, 0.1) is 24.6 Å². The topological polar surface area (TPSA) is 9.23 Å². The molecule has 0 saturated heterocycles. The molecule has 3 rings (SSSR count). The van der Waals surface area contributed by atoms with Crippen LogP contribution in [0.4, 0.5) is 4.39 Å². The standard InChI is InChI=1S/C21H31FO/c1-3-4-5-6-16-7-9-17(10-8-16)20-12-11-18-13-15(2)19(22)14-21(18)23-20/h13-14,16-17,20H,3-12H2,1-2H3. The van der Waals surface area contributed by atoms with E-state index in [2.05, 4.69) is 6.92 Å². The summed E-state index contributed by atoms with van der Waals surface area (Å²) in [4.78, 5) is 0. The first-order valence-corrected chi connectivity index (χ1v) is 9.63. The second kappa shape index (κ2) is 7.68. The molecule has 1 atom stereocenters. The Morgan fingerprint density at radius 3 is 2.61 bits per heavy atom. The predicted molar refractivity (Wildman–Crippen MR) is 93.5 cm³/mol. The Morgan fingerprint density at radius 2 is 1.87 bits per heavy atom. The maximum absolute atomic E-state index is 13.8. The zero-order valence-corrected chi connectivity index (χ0v) is 14.7. The van der Waals surface area contributed by atoms with Gasteiger partial charge in [0.05, 0.1) is 0 Å². The SMILES string of the molecule is CCCCCC1CCC(C2CCc3cc(C)c(F)cc3O2)CC1. The largest absolute Gasteiger partial charge is 0.490 e. The van der Waals surface area contributed by atoms with E-state index in [1.165, 1.54) is 56.9 Å². The van der Waals surface area contributed by atoms with E-state index in [0.29, 0.717) is 12.0 Å². The number of hydrogen-bond acceptors (Lipinski definition) is 1. The fourth-order valence-corrected chi connectivity index (χ4v) is 4.41. The minimum absolute atomic E-state index is 0.135. The van der Waals surface area contributed by atoms with Gasteiger partial charge in [0, 0.05) is 6.07 Å². The van der Waals surface area contributed by atoms with Crippen molar-refractivity contribution in [3.8, 4) is 5.75 Å². The van der Waals surface area contributed by atoms with Gasteiger partial charge in [-0.3, -0.25) is 0 Å². The van der Waals surface area contributed by atoms with E-state index in [9.17, 15) is 4.39 Å². The van der Waals surface area contributed by atoms with Crippen LogP contribution in [0.5, 0.6) is 5.75 Å². The maximum atomic E-state index is 13.8. The van der Waals surface area contributed by atoms with Crippen molar-refractivity contribution >= 4 is 0 Å². The molecule has 23 heavy (non-hydrogen) atoms. The Morgan fingerprint density at radius 1 is 1.09 bits per heavy atom. The highest BCUT2D eigenvalue weighted by atomic mass is 19.1. The highest BCUT2D eigenvalue weighted by Crippen LogP contribution is 2.39. The molecule has 1 aromatic rings. The normalized spacial score (nSPS) is 27.3. The second-order valence-electron chi connectivity index (χ2n) is 7.68. The van der Waals surface area contributed by atoms with Crippen molar-refractivity contribution in [3.05, 3.63) is 29.1 Å². The van der Waals surface area contributed by atoms with E-state index in [0.717, 1.165) is 30.1 Å². The van der Waals surface area contributed by atoms with Gasteiger partial charge in [-0.2, -0.15) is 0 Å². The van der Waals surface area contributed by atoms with Crippen molar-refractivity contribution in [1.82, 2.24) is 0 Å². The maximum Gasteiger partial charge on any atom is 0.129 e. The van der Waals surface area contributed by atoms with Crippen molar-refractivity contribution in [3.63, 3.8) is 0 Å². The van der Waals surface area contributed by atoms with Gasteiger partial charge in [0.15, 0.2) is 0 Å². The van der Waals surface area contributed by atoms with Crippen molar-refractivity contribution in [2.24, 2.45) is 11.8 Å². The van der Waals surface area contributed by atoms with Crippen LogP contribution in [-0.4, -0.2) is 6.10 Å². The summed E-state index contributed by atoms with van der Waals surface area (Å²) in [5.41, 5.74) is 1.92. The van der Waals surface area contributed by atoms with Gasteiger partial charge in [0.1, 0.15) is 17.7 Å². The van der Waals surface area contributed by atoms with Gasteiger partial charge < -0.3 is 4.74 Å². The Bertz CT molecular complexity index is 517. The number of halogens is 1. The molecule has 1 aromatic carbocycles. The number of fused-ring (bicyclic) bond motifs is 1. The molecule has 1 aliphatic carbocycles. The van der Waals surface area contributed by atoms with Crippen LogP contribution in [0.3, 0.4) is 0 Å². The lowest BCUT2D eigenvalue weighted by atomic mass is 9.76. The van der Waals surface area contributed by atoms with Gasteiger partial charge in [-0.1, -0.05) is 45.4 Å². The predicted octanol–water partition coefficient (Wildman–Crippen LogP) is 6.21. The van der Waals surface area contributed by atoms with Crippen LogP contribution in [0.25, 0.3) is 0 Å². The van der Waals surface area contributed by atoms with Gasteiger partial charge in [-0.05, 0) is 61.6 Å². The van der Waals surface area contributed by atoms with E-state index in [4.69, 9.17) is 4.74 Å². The lowest BCUT2D eigenvalue weighted by Crippen LogP contribution is -2.33. The zero-order valence-electron chi connectivity index (χ0n) is 14.7. The zero-order chi connectivity index (χ0) is 16.2. The Balaban J connectivity index is 1.53. The van der Waals surface area contributed by atoms with E-state index < -0.39 is 0 Å². The highest BCUT2D eigenvalue weighted by molar-refractivity contribution is 5.39. The summed E-state index contributed by atoms with van der Waals surface area (Å²) in [5, 5.41) is 0. The molecule has 1 fully saturated rings. The highest BCUT2D eigenvalue weighted by Gasteiger charge is 2.31. The molecule has 0 aromatic heterocycles. The Hall–Kier alpha value is -1.05. The molecule has 1 unspecified atom stereocenters. The number of unbranched alkanes of at least 4 members (excludes halogenated alkanes) is 2. The lowest BCUT2D eigenvalue weighted by Gasteiger charge is -2.36. The number of benzene rings is 1.